The van der Waals surface area contributed by atoms with E-state index in [1.807, 2.05) is 0 Å². The van der Waals surface area contributed by atoms with Crippen LogP contribution < -0.4 is 0 Å². The fraction of sp³-hybridized carbons (Fsp3) is 0.538. The highest BCUT2D eigenvalue weighted by molar-refractivity contribution is 9.10. The van der Waals surface area contributed by atoms with Crippen molar-refractivity contribution in [1.82, 2.24) is 0 Å². The summed E-state index contributed by atoms with van der Waals surface area (Å²) in [7, 11) is 0. The lowest BCUT2D eigenvalue weighted by molar-refractivity contribution is 0.261. The molecule has 5 heteroatoms. The molecule has 0 aromatic heterocycles. The van der Waals surface area contributed by atoms with Crippen molar-refractivity contribution in [1.29, 1.82) is 0 Å². The first-order valence-corrected chi connectivity index (χ1v) is 8.66. The van der Waals surface area contributed by atoms with Crippen LogP contribution in [0.4, 0.5) is 8.78 Å². The van der Waals surface area contributed by atoms with E-state index in [9.17, 15) is 8.78 Å². The number of alkyl halides is 2. The van der Waals surface area contributed by atoms with Crippen molar-refractivity contribution in [3.05, 3.63) is 33.8 Å². The molecule has 0 bridgehead atoms. The highest BCUT2D eigenvalue weighted by Crippen LogP contribution is 2.38. The van der Waals surface area contributed by atoms with E-state index < -0.39 is 11.6 Å². The van der Waals surface area contributed by atoms with Gasteiger partial charge in [0.1, 0.15) is 11.6 Å². The Kier molecular flexibility index (Phi) is 6.26. The summed E-state index contributed by atoms with van der Waals surface area (Å²) in [5.74, 6) is -0.682. The smallest absolute Gasteiger partial charge is 0.143 e. The van der Waals surface area contributed by atoms with E-state index in [1.165, 1.54) is 12.1 Å². The number of halogens is 5. The average molecular weight is 449 g/mol. The molecule has 0 amide bonds. The molecule has 0 atom stereocenters. The minimum absolute atomic E-state index is 0.150. The Labute approximate surface area is 132 Å². The fourth-order valence-corrected chi connectivity index (χ4v) is 4.72. The van der Waals surface area contributed by atoms with Crippen molar-refractivity contribution in [2.45, 2.75) is 20.3 Å². The summed E-state index contributed by atoms with van der Waals surface area (Å²) in [5, 5.41) is 1.38. The molecule has 0 aliphatic heterocycles. The Morgan fingerprint density at radius 3 is 2.17 bits per heavy atom. The van der Waals surface area contributed by atoms with Gasteiger partial charge in [-0.3, -0.25) is 0 Å². The first kappa shape index (κ1) is 16.6. The van der Waals surface area contributed by atoms with Crippen molar-refractivity contribution in [2.75, 3.05) is 10.7 Å². The van der Waals surface area contributed by atoms with Gasteiger partial charge in [-0.2, -0.15) is 0 Å². The SMILES string of the molecule is CC(C)C(CBr)(CBr)Cc1c(F)ccc(Br)c1F. The summed E-state index contributed by atoms with van der Waals surface area (Å²) in [6.45, 7) is 4.13. The van der Waals surface area contributed by atoms with Gasteiger partial charge >= 0.3 is 0 Å². The second-order valence-electron chi connectivity index (χ2n) is 4.78. The first-order valence-electron chi connectivity index (χ1n) is 5.62. The highest BCUT2D eigenvalue weighted by Gasteiger charge is 2.34. The van der Waals surface area contributed by atoms with Crippen LogP contribution in [0.25, 0.3) is 0 Å². The summed E-state index contributed by atoms with van der Waals surface area (Å²) >= 11 is 10.0. The van der Waals surface area contributed by atoms with Gasteiger partial charge in [-0.1, -0.05) is 45.7 Å². The molecule has 0 fully saturated rings. The lowest BCUT2D eigenvalue weighted by Gasteiger charge is -2.34. The molecule has 0 spiro atoms. The summed E-state index contributed by atoms with van der Waals surface area (Å²) in [5.41, 5.74) is -0.0559. The lowest BCUT2D eigenvalue weighted by atomic mass is 9.76. The van der Waals surface area contributed by atoms with Crippen LogP contribution in [0.15, 0.2) is 16.6 Å². The number of hydrogen-bond acceptors (Lipinski definition) is 0. The van der Waals surface area contributed by atoms with E-state index in [-0.39, 0.29) is 11.0 Å². The van der Waals surface area contributed by atoms with Gasteiger partial charge < -0.3 is 0 Å². The zero-order chi connectivity index (χ0) is 13.9. The Balaban J connectivity index is 3.20. The summed E-state index contributed by atoms with van der Waals surface area (Å²) in [6, 6.07) is 2.70. The molecular weight excluding hydrogens is 434 g/mol. The van der Waals surface area contributed by atoms with E-state index in [4.69, 9.17) is 0 Å². The van der Waals surface area contributed by atoms with Crippen LogP contribution in [0, 0.1) is 23.0 Å². The molecule has 18 heavy (non-hydrogen) atoms. The lowest BCUT2D eigenvalue weighted by Crippen LogP contribution is -2.34. The number of benzene rings is 1. The molecule has 0 aliphatic carbocycles. The molecule has 0 heterocycles. The summed E-state index contributed by atoms with van der Waals surface area (Å²) < 4.78 is 28.1. The van der Waals surface area contributed by atoms with Gasteiger partial charge in [0.25, 0.3) is 0 Å². The zero-order valence-corrected chi connectivity index (χ0v) is 15.0. The summed E-state index contributed by atoms with van der Waals surface area (Å²) in [4.78, 5) is 0. The van der Waals surface area contributed by atoms with Crippen LogP contribution >= 0.6 is 47.8 Å². The van der Waals surface area contributed by atoms with Gasteiger partial charge in [-0.05, 0) is 45.8 Å². The van der Waals surface area contributed by atoms with Gasteiger partial charge in [0.2, 0.25) is 0 Å². The Hall–Kier alpha value is 0.520. The predicted octanol–water partition coefficient (Wildman–Crippen LogP) is 5.70. The molecule has 1 aromatic carbocycles. The highest BCUT2D eigenvalue weighted by atomic mass is 79.9. The first-order chi connectivity index (χ1) is 8.38. The van der Waals surface area contributed by atoms with E-state index in [2.05, 4.69) is 61.6 Å². The largest absolute Gasteiger partial charge is 0.207 e. The van der Waals surface area contributed by atoms with E-state index in [0.717, 1.165) is 0 Å². The Bertz CT molecular complexity index is 415. The monoisotopic (exact) mass is 446 g/mol. The standard InChI is InChI=1S/C13H15Br3F2/c1-8(2)13(6-14,7-15)5-9-11(17)4-3-10(16)12(9)18/h3-4,8H,5-7H2,1-2H3. The van der Waals surface area contributed by atoms with Crippen LogP contribution in [0.5, 0.6) is 0 Å². The maximum atomic E-state index is 14.0. The van der Waals surface area contributed by atoms with Crippen LogP contribution in [-0.2, 0) is 6.42 Å². The van der Waals surface area contributed by atoms with Crippen molar-refractivity contribution < 1.29 is 8.78 Å². The van der Waals surface area contributed by atoms with E-state index >= 15 is 0 Å². The summed E-state index contributed by atoms with van der Waals surface area (Å²) in [6.07, 6.45) is 0.359. The third kappa shape index (κ3) is 3.34. The maximum absolute atomic E-state index is 14.0. The minimum Gasteiger partial charge on any atom is -0.207 e. The second kappa shape index (κ2) is 6.80. The quantitative estimate of drug-likeness (QED) is 0.400. The van der Waals surface area contributed by atoms with E-state index in [0.29, 0.717) is 27.5 Å². The van der Waals surface area contributed by atoms with Gasteiger partial charge in [-0.15, -0.1) is 0 Å². The van der Waals surface area contributed by atoms with Gasteiger partial charge in [0.15, 0.2) is 0 Å². The van der Waals surface area contributed by atoms with Crippen LogP contribution in [0.1, 0.15) is 19.4 Å². The van der Waals surface area contributed by atoms with Crippen molar-refractivity contribution in [3.8, 4) is 0 Å². The number of hydrogen-bond donors (Lipinski definition) is 0. The predicted molar refractivity (Wildman–Crippen MR) is 82.6 cm³/mol. The fourth-order valence-electron chi connectivity index (χ4n) is 1.73. The van der Waals surface area contributed by atoms with Gasteiger partial charge in [-0.25, -0.2) is 8.78 Å². The molecule has 0 aliphatic rings. The zero-order valence-electron chi connectivity index (χ0n) is 10.2. The molecule has 0 nitrogen and oxygen atoms in total. The third-order valence-corrected chi connectivity index (χ3v) is 6.27. The van der Waals surface area contributed by atoms with Crippen LogP contribution in [-0.4, -0.2) is 10.7 Å². The topological polar surface area (TPSA) is 0 Å². The average Bonchev–Trinajstić information content (AvgIpc) is 2.35. The van der Waals surface area contributed by atoms with Crippen molar-refractivity contribution in [3.63, 3.8) is 0 Å². The molecule has 0 unspecified atom stereocenters. The maximum Gasteiger partial charge on any atom is 0.143 e. The Morgan fingerprint density at radius 2 is 1.72 bits per heavy atom. The van der Waals surface area contributed by atoms with Crippen molar-refractivity contribution >= 4 is 47.8 Å². The molecule has 0 saturated heterocycles. The third-order valence-electron chi connectivity index (χ3n) is 3.42. The molecule has 0 N–H and O–H groups in total. The molecule has 1 rings (SSSR count). The molecule has 0 radical (unpaired) electrons. The normalized spacial score (nSPS) is 12.2. The van der Waals surface area contributed by atoms with Crippen molar-refractivity contribution in [2.24, 2.45) is 11.3 Å². The molecule has 1 aromatic rings. The second-order valence-corrected chi connectivity index (χ2v) is 6.76. The minimum atomic E-state index is -0.498. The molecule has 102 valence electrons. The number of rotatable bonds is 5. The van der Waals surface area contributed by atoms with Crippen LogP contribution in [0.3, 0.4) is 0 Å². The van der Waals surface area contributed by atoms with Crippen LogP contribution in [0.2, 0.25) is 0 Å². The van der Waals surface area contributed by atoms with Gasteiger partial charge in [0.05, 0.1) is 4.47 Å². The molecular formula is C13H15Br3F2. The van der Waals surface area contributed by atoms with Gasteiger partial charge in [0, 0.05) is 16.2 Å². The van der Waals surface area contributed by atoms with E-state index in [1.54, 1.807) is 0 Å². The Morgan fingerprint density at radius 1 is 1.17 bits per heavy atom. The molecule has 0 saturated carbocycles.